The van der Waals surface area contributed by atoms with Crippen LogP contribution < -0.4 is 5.73 Å². The smallest absolute Gasteiger partial charge is 0.0647 e. The number of rotatable bonds is 8. The van der Waals surface area contributed by atoms with Crippen LogP contribution in [0.1, 0.15) is 68.2 Å². The van der Waals surface area contributed by atoms with E-state index in [9.17, 15) is 5.11 Å². The van der Waals surface area contributed by atoms with Gasteiger partial charge in [-0.05, 0) is 51.9 Å². The summed E-state index contributed by atoms with van der Waals surface area (Å²) in [5, 5.41) is 10.2. The second-order valence-corrected chi connectivity index (χ2v) is 7.87. The summed E-state index contributed by atoms with van der Waals surface area (Å²) in [5.74, 6) is 0.268. The number of ether oxygens (including phenoxy) is 1. The molecular formula is C16H35NO2. The molecule has 0 aromatic rings. The minimum atomic E-state index is -0.297. The molecule has 0 rings (SSSR count). The Bertz CT molecular complexity index is 254. The van der Waals surface area contributed by atoms with Crippen molar-refractivity contribution in [3.05, 3.63) is 0 Å². The lowest BCUT2D eigenvalue weighted by Crippen LogP contribution is -2.45. The van der Waals surface area contributed by atoms with Crippen molar-refractivity contribution in [1.82, 2.24) is 0 Å². The lowest BCUT2D eigenvalue weighted by atomic mass is 9.75. The summed E-state index contributed by atoms with van der Waals surface area (Å²) >= 11 is 0. The number of hydrogen-bond acceptors (Lipinski definition) is 3. The molecule has 0 aliphatic rings. The summed E-state index contributed by atoms with van der Waals surface area (Å²) < 4.78 is 6.08. The zero-order valence-corrected chi connectivity index (χ0v) is 14.2. The van der Waals surface area contributed by atoms with Gasteiger partial charge in [-0.1, -0.05) is 27.7 Å². The summed E-state index contributed by atoms with van der Waals surface area (Å²) in [7, 11) is 0. The van der Waals surface area contributed by atoms with Crippen molar-refractivity contribution in [2.45, 2.75) is 92.1 Å². The van der Waals surface area contributed by atoms with Gasteiger partial charge in [0.25, 0.3) is 0 Å². The Morgan fingerprint density at radius 3 is 1.79 bits per heavy atom. The summed E-state index contributed by atoms with van der Waals surface area (Å²) in [5.41, 5.74) is 5.80. The van der Waals surface area contributed by atoms with E-state index in [1.54, 1.807) is 0 Å². The highest BCUT2D eigenvalue weighted by atomic mass is 16.5. The maximum absolute atomic E-state index is 10.2. The first-order chi connectivity index (χ1) is 8.35. The largest absolute Gasteiger partial charge is 0.393 e. The van der Waals surface area contributed by atoms with Gasteiger partial charge >= 0.3 is 0 Å². The number of hydrogen-bond donors (Lipinski definition) is 2. The van der Waals surface area contributed by atoms with Gasteiger partial charge in [0.2, 0.25) is 0 Å². The third-order valence-electron chi connectivity index (χ3n) is 3.52. The fourth-order valence-electron chi connectivity index (χ4n) is 2.22. The van der Waals surface area contributed by atoms with Gasteiger partial charge in [0, 0.05) is 5.54 Å². The summed E-state index contributed by atoms with van der Waals surface area (Å²) in [4.78, 5) is 0. The van der Waals surface area contributed by atoms with Crippen molar-refractivity contribution in [2.24, 2.45) is 17.1 Å². The second-order valence-electron chi connectivity index (χ2n) is 7.87. The molecule has 0 aliphatic heterocycles. The van der Waals surface area contributed by atoms with Gasteiger partial charge in [0.1, 0.15) is 0 Å². The summed E-state index contributed by atoms with van der Waals surface area (Å²) in [6.07, 6.45) is 1.46. The molecule has 0 fully saturated rings. The monoisotopic (exact) mass is 273 g/mol. The molecule has 0 heterocycles. The molecule has 116 valence electrons. The van der Waals surface area contributed by atoms with Crippen LogP contribution in [0.5, 0.6) is 0 Å². The van der Waals surface area contributed by atoms with Gasteiger partial charge in [-0.3, -0.25) is 0 Å². The van der Waals surface area contributed by atoms with Crippen molar-refractivity contribution in [2.75, 3.05) is 0 Å². The van der Waals surface area contributed by atoms with Crippen LogP contribution in [-0.4, -0.2) is 29.0 Å². The van der Waals surface area contributed by atoms with E-state index in [2.05, 4.69) is 13.8 Å². The Hall–Kier alpha value is -0.120. The maximum Gasteiger partial charge on any atom is 0.0647 e. The molecule has 0 bridgehead atoms. The quantitative estimate of drug-likeness (QED) is 0.713. The van der Waals surface area contributed by atoms with Crippen LogP contribution in [0, 0.1) is 11.3 Å². The molecule has 0 amide bonds. The van der Waals surface area contributed by atoms with Crippen molar-refractivity contribution in [3.8, 4) is 0 Å². The first-order valence-corrected chi connectivity index (χ1v) is 7.47. The molecule has 19 heavy (non-hydrogen) atoms. The Morgan fingerprint density at radius 2 is 1.47 bits per heavy atom. The van der Waals surface area contributed by atoms with Crippen LogP contribution >= 0.6 is 0 Å². The zero-order chi connectivity index (χ0) is 15.4. The van der Waals surface area contributed by atoms with Crippen LogP contribution in [0.15, 0.2) is 0 Å². The molecule has 3 heteroatoms. The van der Waals surface area contributed by atoms with E-state index in [1.165, 1.54) is 0 Å². The van der Waals surface area contributed by atoms with Crippen molar-refractivity contribution >= 4 is 0 Å². The number of aliphatic hydroxyl groups excluding tert-OH is 1. The number of nitrogens with two attached hydrogens (primary N) is 1. The SMILES string of the molecule is CC(C)OC(CC(C)(C)N)C(C)(C)CC(O)C(C)C. The highest BCUT2D eigenvalue weighted by Gasteiger charge is 2.36. The third-order valence-corrected chi connectivity index (χ3v) is 3.52. The van der Waals surface area contributed by atoms with Gasteiger partial charge in [0.05, 0.1) is 18.3 Å². The van der Waals surface area contributed by atoms with E-state index in [0.29, 0.717) is 0 Å². The first-order valence-electron chi connectivity index (χ1n) is 7.47. The molecule has 0 aromatic heterocycles. The van der Waals surface area contributed by atoms with E-state index < -0.39 is 0 Å². The van der Waals surface area contributed by atoms with Gasteiger partial charge in [-0.2, -0.15) is 0 Å². The lowest BCUT2D eigenvalue weighted by Gasteiger charge is -2.40. The molecule has 3 N–H and O–H groups in total. The first kappa shape index (κ1) is 18.9. The molecule has 2 atom stereocenters. The zero-order valence-electron chi connectivity index (χ0n) is 14.2. The van der Waals surface area contributed by atoms with E-state index in [4.69, 9.17) is 10.5 Å². The predicted molar refractivity (Wildman–Crippen MR) is 82.1 cm³/mol. The Kier molecular flexibility index (Phi) is 7.01. The van der Waals surface area contributed by atoms with E-state index in [-0.39, 0.29) is 35.2 Å². The molecule has 3 nitrogen and oxygen atoms in total. The van der Waals surface area contributed by atoms with E-state index in [1.807, 2.05) is 41.5 Å². The number of aliphatic hydroxyl groups is 1. The van der Waals surface area contributed by atoms with Crippen LogP contribution in [-0.2, 0) is 4.74 Å². The minimum absolute atomic E-state index is 0.0564. The highest BCUT2D eigenvalue weighted by Crippen LogP contribution is 2.35. The molecule has 0 aromatic carbocycles. The van der Waals surface area contributed by atoms with Crippen molar-refractivity contribution in [3.63, 3.8) is 0 Å². The summed E-state index contributed by atoms with van der Waals surface area (Å²) in [6, 6.07) is 0. The average Bonchev–Trinajstić information content (AvgIpc) is 2.12. The molecule has 0 saturated carbocycles. The summed E-state index contributed by atoms with van der Waals surface area (Å²) in [6.45, 7) is 16.6. The Labute approximate surface area is 119 Å². The van der Waals surface area contributed by atoms with Crippen molar-refractivity contribution < 1.29 is 9.84 Å². The normalized spacial score (nSPS) is 17.1. The lowest BCUT2D eigenvalue weighted by molar-refractivity contribution is -0.0876. The van der Waals surface area contributed by atoms with Gasteiger partial charge in [-0.25, -0.2) is 0 Å². The van der Waals surface area contributed by atoms with Gasteiger partial charge in [0.15, 0.2) is 0 Å². The van der Waals surface area contributed by atoms with Gasteiger partial charge in [-0.15, -0.1) is 0 Å². The van der Waals surface area contributed by atoms with E-state index in [0.717, 1.165) is 12.8 Å². The van der Waals surface area contributed by atoms with Crippen molar-refractivity contribution in [1.29, 1.82) is 0 Å². The van der Waals surface area contributed by atoms with Crippen LogP contribution in [0.25, 0.3) is 0 Å². The molecule has 0 saturated heterocycles. The maximum atomic E-state index is 10.2. The second kappa shape index (κ2) is 7.05. The molecule has 2 unspecified atom stereocenters. The standard InChI is InChI=1S/C16H35NO2/c1-11(2)13(18)9-15(5,6)14(19-12(3)4)10-16(7,8)17/h11-14,18H,9-10,17H2,1-8H3. The molecule has 0 radical (unpaired) electrons. The highest BCUT2D eigenvalue weighted by molar-refractivity contribution is 4.88. The Balaban J connectivity index is 4.89. The van der Waals surface area contributed by atoms with Crippen LogP contribution in [0.2, 0.25) is 0 Å². The van der Waals surface area contributed by atoms with Crippen LogP contribution in [0.4, 0.5) is 0 Å². The molecule has 0 aliphatic carbocycles. The van der Waals surface area contributed by atoms with Gasteiger partial charge < -0.3 is 15.6 Å². The average molecular weight is 273 g/mol. The molecule has 0 spiro atoms. The predicted octanol–water partition coefficient (Wildman–Crippen LogP) is 3.34. The Morgan fingerprint density at radius 1 is 1.00 bits per heavy atom. The molecular weight excluding hydrogens is 238 g/mol. The minimum Gasteiger partial charge on any atom is -0.393 e. The fraction of sp³-hybridized carbons (Fsp3) is 1.00. The fourth-order valence-corrected chi connectivity index (χ4v) is 2.22. The third kappa shape index (κ3) is 7.91. The van der Waals surface area contributed by atoms with Crippen LogP contribution in [0.3, 0.4) is 0 Å². The topological polar surface area (TPSA) is 55.5 Å². The van der Waals surface area contributed by atoms with E-state index >= 15 is 0 Å².